The van der Waals surface area contributed by atoms with Crippen molar-refractivity contribution in [1.29, 1.82) is 0 Å². The molecule has 2 rings (SSSR count). The Morgan fingerprint density at radius 2 is 1.48 bits per heavy atom. The van der Waals surface area contributed by atoms with E-state index < -0.39 is 5.79 Å². The minimum atomic E-state index is -1.76. The average Bonchev–Trinajstić information content (AvgIpc) is 2.39. The first-order valence-corrected chi connectivity index (χ1v) is 8.35. The Morgan fingerprint density at radius 3 is 1.96 bits per heavy atom. The molecular formula is C21H30O2. The van der Waals surface area contributed by atoms with E-state index in [1.807, 2.05) is 6.07 Å². The number of benzene rings is 1. The van der Waals surface area contributed by atoms with Crippen molar-refractivity contribution in [2.24, 2.45) is 10.8 Å². The molecule has 1 aliphatic carbocycles. The predicted molar refractivity (Wildman–Crippen MR) is 96.0 cm³/mol. The highest BCUT2D eigenvalue weighted by Crippen LogP contribution is 2.46. The fourth-order valence-electron chi connectivity index (χ4n) is 3.29. The molecule has 2 heteroatoms. The van der Waals surface area contributed by atoms with Crippen molar-refractivity contribution in [2.45, 2.75) is 60.2 Å². The summed E-state index contributed by atoms with van der Waals surface area (Å²) in [7, 11) is 0. The van der Waals surface area contributed by atoms with Crippen molar-refractivity contribution in [2.75, 3.05) is 0 Å². The van der Waals surface area contributed by atoms with Crippen LogP contribution in [0.5, 0.6) is 0 Å². The van der Waals surface area contributed by atoms with Crippen LogP contribution in [0.3, 0.4) is 0 Å². The molecule has 0 saturated heterocycles. The maximum absolute atomic E-state index is 10.4. The maximum atomic E-state index is 10.4. The highest BCUT2D eigenvalue weighted by molar-refractivity contribution is 5.48. The molecule has 0 amide bonds. The van der Waals surface area contributed by atoms with Crippen molar-refractivity contribution < 1.29 is 10.2 Å². The summed E-state index contributed by atoms with van der Waals surface area (Å²) in [6.45, 7) is 12.8. The Balaban J connectivity index is 2.61. The van der Waals surface area contributed by atoms with E-state index in [1.165, 1.54) is 11.1 Å². The van der Waals surface area contributed by atoms with Crippen LogP contribution in [0.4, 0.5) is 0 Å². The van der Waals surface area contributed by atoms with Crippen LogP contribution in [-0.2, 0) is 6.42 Å². The summed E-state index contributed by atoms with van der Waals surface area (Å²) in [6.07, 6.45) is 2.76. The Labute approximate surface area is 140 Å². The molecule has 0 bridgehead atoms. The van der Waals surface area contributed by atoms with Gasteiger partial charge in [-0.3, -0.25) is 0 Å². The van der Waals surface area contributed by atoms with Gasteiger partial charge in [0.15, 0.2) is 5.79 Å². The smallest absolute Gasteiger partial charge is 0.187 e. The summed E-state index contributed by atoms with van der Waals surface area (Å²) >= 11 is 0. The summed E-state index contributed by atoms with van der Waals surface area (Å²) in [5.74, 6) is -1.76. The van der Waals surface area contributed by atoms with E-state index in [4.69, 9.17) is 0 Å². The van der Waals surface area contributed by atoms with E-state index in [1.54, 1.807) is 6.08 Å². The SMILES string of the molecule is CC(C)(C)C1=CC(O)(O)CC(C(C)(C)C)=C1Cc1ccccc1. The maximum Gasteiger partial charge on any atom is 0.187 e. The predicted octanol–water partition coefficient (Wildman–Crippen LogP) is 4.63. The van der Waals surface area contributed by atoms with Gasteiger partial charge in [0.05, 0.1) is 0 Å². The third-order valence-electron chi connectivity index (χ3n) is 4.44. The third kappa shape index (κ3) is 4.33. The first-order chi connectivity index (χ1) is 10.4. The lowest BCUT2D eigenvalue weighted by Crippen LogP contribution is -2.36. The second-order valence-corrected chi connectivity index (χ2v) is 8.73. The van der Waals surface area contributed by atoms with Crippen molar-refractivity contribution in [3.8, 4) is 0 Å². The first kappa shape index (κ1) is 18.0. The van der Waals surface area contributed by atoms with Gasteiger partial charge in [-0.1, -0.05) is 77.4 Å². The van der Waals surface area contributed by atoms with Gasteiger partial charge in [0.25, 0.3) is 0 Å². The van der Waals surface area contributed by atoms with E-state index in [-0.39, 0.29) is 17.3 Å². The minimum Gasteiger partial charge on any atom is -0.362 e. The van der Waals surface area contributed by atoms with Crippen LogP contribution in [0.2, 0.25) is 0 Å². The molecule has 2 nitrogen and oxygen atoms in total. The molecule has 0 fully saturated rings. The monoisotopic (exact) mass is 314 g/mol. The lowest BCUT2D eigenvalue weighted by atomic mass is 9.68. The normalized spacial score (nSPS) is 18.9. The standard InChI is InChI=1S/C21H30O2/c1-19(2,3)17-13-21(22,23)14-18(20(4,5)6)16(17)12-15-10-8-7-9-11-15/h7-11,13,22-23H,12,14H2,1-6H3. The molecule has 0 saturated carbocycles. The van der Waals surface area contributed by atoms with Crippen LogP contribution >= 0.6 is 0 Å². The molecular weight excluding hydrogens is 284 g/mol. The van der Waals surface area contributed by atoms with Crippen LogP contribution in [0.15, 0.2) is 53.1 Å². The Hall–Kier alpha value is -1.38. The van der Waals surface area contributed by atoms with Gasteiger partial charge in [-0.2, -0.15) is 0 Å². The van der Waals surface area contributed by atoms with Crippen LogP contribution in [0.1, 0.15) is 53.5 Å². The molecule has 1 aliphatic rings. The fourth-order valence-corrected chi connectivity index (χ4v) is 3.29. The summed E-state index contributed by atoms with van der Waals surface area (Å²) in [4.78, 5) is 0. The topological polar surface area (TPSA) is 40.5 Å². The van der Waals surface area contributed by atoms with Gasteiger partial charge in [-0.25, -0.2) is 0 Å². The zero-order valence-corrected chi connectivity index (χ0v) is 15.3. The molecule has 0 unspecified atom stereocenters. The van der Waals surface area contributed by atoms with Crippen LogP contribution < -0.4 is 0 Å². The second kappa shape index (κ2) is 5.92. The van der Waals surface area contributed by atoms with Crippen LogP contribution in [0.25, 0.3) is 0 Å². The molecule has 0 aliphatic heterocycles. The van der Waals surface area contributed by atoms with Gasteiger partial charge in [-0.05, 0) is 40.0 Å². The van der Waals surface area contributed by atoms with Crippen molar-refractivity contribution in [3.63, 3.8) is 0 Å². The van der Waals surface area contributed by atoms with E-state index in [0.717, 1.165) is 17.6 Å². The van der Waals surface area contributed by atoms with E-state index in [0.29, 0.717) is 0 Å². The Bertz CT molecular complexity index is 620. The summed E-state index contributed by atoms with van der Waals surface area (Å²) in [5.41, 5.74) is 4.45. The van der Waals surface area contributed by atoms with Gasteiger partial charge in [-0.15, -0.1) is 0 Å². The second-order valence-electron chi connectivity index (χ2n) is 8.73. The number of aliphatic hydroxyl groups is 2. The zero-order chi connectivity index (χ0) is 17.5. The first-order valence-electron chi connectivity index (χ1n) is 8.35. The molecule has 2 N–H and O–H groups in total. The highest BCUT2D eigenvalue weighted by Gasteiger charge is 2.38. The van der Waals surface area contributed by atoms with Crippen molar-refractivity contribution in [1.82, 2.24) is 0 Å². The molecule has 23 heavy (non-hydrogen) atoms. The number of allylic oxidation sites excluding steroid dienone is 2. The molecule has 0 spiro atoms. The Kier molecular flexibility index (Phi) is 4.62. The summed E-state index contributed by atoms with van der Waals surface area (Å²) in [6, 6.07) is 10.4. The molecule has 0 aromatic heterocycles. The van der Waals surface area contributed by atoms with Gasteiger partial charge in [0, 0.05) is 6.42 Å². The molecule has 0 heterocycles. The largest absolute Gasteiger partial charge is 0.362 e. The zero-order valence-electron chi connectivity index (χ0n) is 15.3. The van der Waals surface area contributed by atoms with Gasteiger partial charge in [0.1, 0.15) is 0 Å². The number of hydrogen-bond donors (Lipinski definition) is 2. The third-order valence-corrected chi connectivity index (χ3v) is 4.44. The average molecular weight is 314 g/mol. The molecule has 1 aromatic rings. The quantitative estimate of drug-likeness (QED) is 0.781. The van der Waals surface area contributed by atoms with Crippen molar-refractivity contribution >= 4 is 0 Å². The van der Waals surface area contributed by atoms with E-state index in [9.17, 15) is 10.2 Å². The molecule has 0 radical (unpaired) electrons. The Morgan fingerprint density at radius 1 is 0.913 bits per heavy atom. The van der Waals surface area contributed by atoms with Crippen molar-refractivity contribution in [3.05, 3.63) is 58.7 Å². The lowest BCUT2D eigenvalue weighted by molar-refractivity contribution is -0.121. The molecule has 0 atom stereocenters. The van der Waals surface area contributed by atoms with Gasteiger partial charge in [0.2, 0.25) is 0 Å². The highest BCUT2D eigenvalue weighted by atomic mass is 16.5. The summed E-state index contributed by atoms with van der Waals surface area (Å²) in [5, 5.41) is 20.7. The summed E-state index contributed by atoms with van der Waals surface area (Å²) < 4.78 is 0. The van der Waals surface area contributed by atoms with Crippen LogP contribution in [0, 0.1) is 10.8 Å². The number of hydrogen-bond acceptors (Lipinski definition) is 2. The van der Waals surface area contributed by atoms with E-state index in [2.05, 4.69) is 65.8 Å². The lowest BCUT2D eigenvalue weighted by Gasteiger charge is -2.40. The minimum absolute atomic E-state index is 0.106. The molecule has 126 valence electrons. The number of rotatable bonds is 2. The van der Waals surface area contributed by atoms with E-state index >= 15 is 0 Å². The fraction of sp³-hybridized carbons (Fsp3) is 0.524. The van der Waals surface area contributed by atoms with Crippen LogP contribution in [-0.4, -0.2) is 16.0 Å². The van der Waals surface area contributed by atoms with Gasteiger partial charge < -0.3 is 10.2 Å². The molecule has 1 aromatic carbocycles. The van der Waals surface area contributed by atoms with Gasteiger partial charge >= 0.3 is 0 Å².